The highest BCUT2D eigenvalue weighted by Gasteiger charge is 2.35. The van der Waals surface area contributed by atoms with Crippen LogP contribution in [0.1, 0.15) is 31.7 Å². The number of aliphatic imine (C=N–C) groups is 1. The van der Waals surface area contributed by atoms with Crippen molar-refractivity contribution in [2.45, 2.75) is 38.8 Å². The van der Waals surface area contributed by atoms with Crippen molar-refractivity contribution in [3.63, 3.8) is 0 Å². The molecule has 0 spiro atoms. The lowest BCUT2D eigenvalue weighted by Gasteiger charge is -2.36. The molecule has 3 aromatic rings. The monoisotopic (exact) mass is 482 g/mol. The number of aromatic nitrogens is 2. The smallest absolute Gasteiger partial charge is 0.216 e. The number of nitrogens with zero attached hydrogens (tertiary/aromatic N) is 4. The Hall–Kier alpha value is -3.92. The zero-order valence-corrected chi connectivity index (χ0v) is 19.7. The van der Waals surface area contributed by atoms with Crippen LogP contribution in [0.15, 0.2) is 63.8 Å². The molecule has 1 aliphatic heterocycles. The molecule has 0 bridgehead atoms. The summed E-state index contributed by atoms with van der Waals surface area (Å²) in [4.78, 5) is 9.90. The van der Waals surface area contributed by atoms with Gasteiger partial charge in [-0.25, -0.2) is 9.38 Å². The number of unbranched alkanes of at least 4 members (excludes halogenated alkanes) is 1. The molecule has 0 saturated heterocycles. The average molecular weight is 483 g/mol. The van der Waals surface area contributed by atoms with E-state index >= 15 is 0 Å². The number of hydrogen-bond acceptors (Lipinski definition) is 9. The van der Waals surface area contributed by atoms with Crippen LogP contribution in [-0.4, -0.2) is 46.6 Å². The third-order valence-electron chi connectivity index (χ3n) is 5.81. The first kappa shape index (κ1) is 24.2. The number of ether oxygens (including phenoxy) is 2. The van der Waals surface area contributed by atoms with Gasteiger partial charge in [0.05, 0.1) is 14.2 Å². The van der Waals surface area contributed by atoms with Crippen molar-refractivity contribution >= 4 is 11.5 Å². The van der Waals surface area contributed by atoms with Gasteiger partial charge < -0.3 is 24.2 Å². The molecule has 0 fully saturated rings. The third kappa shape index (κ3) is 4.83. The summed E-state index contributed by atoms with van der Waals surface area (Å²) in [7, 11) is 3.04. The van der Waals surface area contributed by atoms with Crippen LogP contribution in [0.2, 0.25) is 0 Å². The van der Waals surface area contributed by atoms with Crippen LogP contribution in [0.25, 0.3) is 11.4 Å². The van der Waals surface area contributed by atoms with Crippen LogP contribution < -0.4 is 14.4 Å². The van der Waals surface area contributed by atoms with Gasteiger partial charge in [-0.15, -0.1) is 0 Å². The van der Waals surface area contributed by atoms with Gasteiger partial charge in [-0.2, -0.15) is 4.98 Å². The van der Waals surface area contributed by atoms with Gasteiger partial charge in [0.15, 0.2) is 6.23 Å². The lowest BCUT2D eigenvalue weighted by molar-refractivity contribution is 0.201. The number of para-hydroxylation sites is 1. The molecule has 2 heterocycles. The van der Waals surface area contributed by atoms with Gasteiger partial charge in [-0.05, 0) is 30.2 Å². The number of aliphatic hydroxyl groups is 2. The van der Waals surface area contributed by atoms with Crippen molar-refractivity contribution < 1.29 is 28.6 Å². The van der Waals surface area contributed by atoms with Crippen LogP contribution in [0.4, 0.5) is 10.1 Å². The molecule has 0 saturated carbocycles. The Morgan fingerprint density at radius 3 is 2.49 bits per heavy atom. The van der Waals surface area contributed by atoms with Crippen molar-refractivity contribution in [3.8, 4) is 22.9 Å². The first-order chi connectivity index (χ1) is 17.0. The molecular weight excluding hydrogens is 455 g/mol. The number of aliphatic hydroxyl groups excluding tert-OH is 2. The molecule has 10 heteroatoms. The summed E-state index contributed by atoms with van der Waals surface area (Å²) in [6.45, 7) is 2.04. The summed E-state index contributed by atoms with van der Waals surface area (Å²) in [5, 5.41) is 26.0. The van der Waals surface area contributed by atoms with Crippen molar-refractivity contribution in [1.29, 1.82) is 0 Å². The second kappa shape index (κ2) is 10.6. The Morgan fingerprint density at radius 1 is 1.14 bits per heavy atom. The molecule has 9 nitrogen and oxygen atoms in total. The van der Waals surface area contributed by atoms with Gasteiger partial charge >= 0.3 is 0 Å². The molecular formula is C25H27FN4O5. The van der Waals surface area contributed by atoms with E-state index < -0.39 is 12.0 Å². The summed E-state index contributed by atoms with van der Waals surface area (Å²) in [5.41, 5.74) is 1.32. The number of hydrogen-bond donors (Lipinski definition) is 2. The quantitative estimate of drug-likeness (QED) is 0.454. The van der Waals surface area contributed by atoms with Crippen molar-refractivity contribution in [3.05, 3.63) is 65.6 Å². The second-order valence-corrected chi connectivity index (χ2v) is 7.97. The van der Waals surface area contributed by atoms with Crippen LogP contribution in [0.5, 0.6) is 11.5 Å². The normalized spacial score (nSPS) is 15.9. The van der Waals surface area contributed by atoms with Crippen LogP contribution >= 0.6 is 0 Å². The molecule has 0 aliphatic carbocycles. The number of amidine groups is 1. The fourth-order valence-corrected chi connectivity index (χ4v) is 4.00. The van der Waals surface area contributed by atoms with Gasteiger partial charge in [0.2, 0.25) is 18.1 Å². The van der Waals surface area contributed by atoms with Gasteiger partial charge in [0.25, 0.3) is 0 Å². The Kier molecular flexibility index (Phi) is 7.31. The molecule has 1 aromatic heterocycles. The van der Waals surface area contributed by atoms with E-state index in [1.54, 1.807) is 35.2 Å². The number of rotatable bonds is 9. The topological polar surface area (TPSA) is 113 Å². The molecule has 184 valence electrons. The van der Waals surface area contributed by atoms with Gasteiger partial charge in [-0.3, -0.25) is 4.90 Å². The predicted molar refractivity (Wildman–Crippen MR) is 128 cm³/mol. The highest BCUT2D eigenvalue weighted by molar-refractivity contribution is 6.02. The number of methoxy groups -OCH3 is 2. The minimum Gasteiger partial charge on any atom is -0.494 e. The Bertz CT molecular complexity index is 1220. The summed E-state index contributed by atoms with van der Waals surface area (Å²) < 4.78 is 30.8. The van der Waals surface area contributed by atoms with Crippen molar-refractivity contribution in [1.82, 2.24) is 10.1 Å². The molecule has 1 unspecified atom stereocenters. The SMILES string of the molecule is CCCCC1=NC(O)=C(Cc2ccc(-c3ncon3)cc2F)C(O)N1c1c(OC)cccc1OC. The average Bonchev–Trinajstić information content (AvgIpc) is 3.40. The highest BCUT2D eigenvalue weighted by Crippen LogP contribution is 2.42. The van der Waals surface area contributed by atoms with Crippen LogP contribution in [0.3, 0.4) is 0 Å². The minimum atomic E-state index is -1.33. The highest BCUT2D eigenvalue weighted by atomic mass is 19.1. The molecule has 2 aromatic carbocycles. The summed E-state index contributed by atoms with van der Waals surface area (Å²) in [6, 6.07) is 9.75. The van der Waals surface area contributed by atoms with E-state index in [9.17, 15) is 14.6 Å². The summed E-state index contributed by atoms with van der Waals surface area (Å²) in [5.74, 6) is 0.761. The molecule has 0 radical (unpaired) electrons. The maximum absolute atomic E-state index is 15.0. The standard InChI is InChI=1S/C25H27FN4O5/c1-4-5-9-21-28-24(31)17(12-15-10-11-16(13-18(15)26)23-27-14-35-29-23)25(32)30(21)22-19(33-2)7-6-8-20(22)34-3/h6-8,10-11,13-14,25,31-32H,4-5,9,12H2,1-3H3. The minimum absolute atomic E-state index is 0.0795. The summed E-state index contributed by atoms with van der Waals surface area (Å²) >= 11 is 0. The van der Waals surface area contributed by atoms with E-state index in [1.165, 1.54) is 20.3 Å². The van der Waals surface area contributed by atoms with Crippen molar-refractivity contribution in [2.24, 2.45) is 4.99 Å². The fourth-order valence-electron chi connectivity index (χ4n) is 4.00. The predicted octanol–water partition coefficient (Wildman–Crippen LogP) is 4.63. The van der Waals surface area contributed by atoms with Gasteiger partial charge in [0, 0.05) is 24.0 Å². The maximum Gasteiger partial charge on any atom is 0.216 e. The van der Waals surface area contributed by atoms with Gasteiger partial charge in [-0.1, -0.05) is 36.7 Å². The number of halogens is 1. The van der Waals surface area contributed by atoms with E-state index in [2.05, 4.69) is 15.1 Å². The fraction of sp³-hybridized carbons (Fsp3) is 0.320. The lowest BCUT2D eigenvalue weighted by atomic mass is 9.99. The number of benzene rings is 2. The van der Waals surface area contributed by atoms with Gasteiger partial charge in [0.1, 0.15) is 28.8 Å². The zero-order valence-electron chi connectivity index (χ0n) is 19.7. The van der Waals surface area contributed by atoms with E-state index in [4.69, 9.17) is 14.0 Å². The first-order valence-corrected chi connectivity index (χ1v) is 11.2. The van der Waals surface area contributed by atoms with Crippen molar-refractivity contribution in [2.75, 3.05) is 19.1 Å². The Morgan fingerprint density at radius 2 is 1.89 bits per heavy atom. The Balaban J connectivity index is 1.74. The molecule has 35 heavy (non-hydrogen) atoms. The number of anilines is 1. The maximum atomic E-state index is 15.0. The molecule has 1 atom stereocenters. The molecule has 2 N–H and O–H groups in total. The lowest BCUT2D eigenvalue weighted by Crippen LogP contribution is -2.45. The molecule has 4 rings (SSSR count). The van der Waals surface area contributed by atoms with E-state index in [0.717, 1.165) is 19.2 Å². The molecule has 1 aliphatic rings. The zero-order chi connectivity index (χ0) is 24.9. The second-order valence-electron chi connectivity index (χ2n) is 7.97. The van der Waals surface area contributed by atoms with E-state index in [1.807, 2.05) is 6.92 Å². The first-order valence-electron chi connectivity index (χ1n) is 11.2. The Labute approximate surface area is 202 Å². The summed E-state index contributed by atoms with van der Waals surface area (Å²) in [6.07, 6.45) is 1.93. The molecule has 0 amide bonds. The van der Waals surface area contributed by atoms with Crippen LogP contribution in [-0.2, 0) is 6.42 Å². The largest absolute Gasteiger partial charge is 0.494 e. The third-order valence-corrected chi connectivity index (χ3v) is 5.81. The van der Waals surface area contributed by atoms with Crippen LogP contribution in [0, 0.1) is 5.82 Å². The van der Waals surface area contributed by atoms with E-state index in [-0.39, 0.29) is 29.3 Å². The van der Waals surface area contributed by atoms with E-state index in [0.29, 0.717) is 35.0 Å².